The number of nitrogens with zero attached hydrogens (tertiary/aromatic N) is 2. The third kappa shape index (κ3) is 4.38. The first-order valence-corrected chi connectivity index (χ1v) is 7.74. The molecule has 0 aliphatic rings. The number of aromatic nitrogens is 2. The number of nitrogens with two attached hydrogens (primary N) is 1. The van der Waals surface area contributed by atoms with E-state index in [4.69, 9.17) is 5.73 Å². The van der Waals surface area contributed by atoms with Gasteiger partial charge in [-0.1, -0.05) is 0 Å². The summed E-state index contributed by atoms with van der Waals surface area (Å²) in [5, 5.41) is 8.69. The third-order valence-corrected chi connectivity index (χ3v) is 4.39. The zero-order valence-electron chi connectivity index (χ0n) is 10.7. The fourth-order valence-electron chi connectivity index (χ4n) is 1.58. The van der Waals surface area contributed by atoms with Crippen LogP contribution in [0.1, 0.15) is 21.4 Å². The van der Waals surface area contributed by atoms with Crippen molar-refractivity contribution in [3.8, 4) is 0 Å². The largest absolute Gasteiger partial charge is 0.355 e. The van der Waals surface area contributed by atoms with Crippen molar-refractivity contribution in [1.29, 1.82) is 0 Å². The van der Waals surface area contributed by atoms with Crippen LogP contribution < -0.4 is 11.1 Å². The molecule has 7 heteroatoms. The highest BCUT2D eigenvalue weighted by molar-refractivity contribution is 7.09. The molecule has 19 heavy (non-hydrogen) atoms. The van der Waals surface area contributed by atoms with Crippen molar-refractivity contribution in [2.75, 3.05) is 6.54 Å². The van der Waals surface area contributed by atoms with Crippen LogP contribution in [0.3, 0.4) is 0 Å². The van der Waals surface area contributed by atoms with E-state index >= 15 is 0 Å². The van der Waals surface area contributed by atoms with E-state index < -0.39 is 0 Å². The average Bonchev–Trinajstić information content (AvgIpc) is 2.98. The van der Waals surface area contributed by atoms with Crippen molar-refractivity contribution in [2.45, 2.75) is 26.3 Å². The van der Waals surface area contributed by atoms with Crippen molar-refractivity contribution in [3.05, 3.63) is 32.2 Å². The number of rotatable bonds is 6. The molecule has 0 aliphatic carbocycles. The fourth-order valence-corrected chi connectivity index (χ4v) is 3.03. The highest BCUT2D eigenvalue weighted by atomic mass is 32.1. The average molecular weight is 296 g/mol. The molecule has 0 spiro atoms. The van der Waals surface area contributed by atoms with Gasteiger partial charge in [0.25, 0.3) is 0 Å². The van der Waals surface area contributed by atoms with Crippen molar-refractivity contribution in [2.24, 2.45) is 5.73 Å². The van der Waals surface area contributed by atoms with Gasteiger partial charge < -0.3 is 11.1 Å². The first-order chi connectivity index (χ1) is 9.17. The first kappa shape index (κ1) is 14.1. The van der Waals surface area contributed by atoms with Gasteiger partial charge in [0.05, 0.1) is 17.1 Å². The molecular weight excluding hydrogens is 280 g/mol. The topological polar surface area (TPSA) is 80.9 Å². The number of carbonyl (C=O) groups is 1. The smallest absolute Gasteiger partial charge is 0.226 e. The molecule has 2 rings (SSSR count). The molecule has 0 saturated heterocycles. The van der Waals surface area contributed by atoms with Gasteiger partial charge in [0.2, 0.25) is 5.91 Å². The monoisotopic (exact) mass is 296 g/mol. The maximum atomic E-state index is 11.7. The molecule has 0 radical (unpaired) electrons. The Labute approximate surface area is 119 Å². The van der Waals surface area contributed by atoms with Crippen LogP contribution in [0.4, 0.5) is 0 Å². The van der Waals surface area contributed by atoms with Crippen LogP contribution in [0.15, 0.2) is 10.8 Å². The molecule has 1 amide bonds. The van der Waals surface area contributed by atoms with E-state index in [1.165, 1.54) is 11.3 Å². The summed E-state index contributed by atoms with van der Waals surface area (Å²) in [5.74, 6) is -0.0119. The summed E-state index contributed by atoms with van der Waals surface area (Å²) in [6.07, 6.45) is 1.09. The van der Waals surface area contributed by atoms with E-state index in [1.54, 1.807) is 11.3 Å². The van der Waals surface area contributed by atoms with E-state index in [-0.39, 0.29) is 5.91 Å². The number of hydrogen-bond acceptors (Lipinski definition) is 6. The molecule has 5 nitrogen and oxygen atoms in total. The second-order valence-corrected chi connectivity index (χ2v) is 5.98. The summed E-state index contributed by atoms with van der Waals surface area (Å²) in [7, 11) is 0. The predicted molar refractivity (Wildman–Crippen MR) is 77.3 cm³/mol. The summed E-state index contributed by atoms with van der Waals surface area (Å²) in [5.41, 5.74) is 7.30. The van der Waals surface area contributed by atoms with Gasteiger partial charge in [0.1, 0.15) is 5.01 Å². The van der Waals surface area contributed by atoms with Crippen molar-refractivity contribution < 1.29 is 4.79 Å². The van der Waals surface area contributed by atoms with Crippen LogP contribution in [0.5, 0.6) is 0 Å². The number of amides is 1. The molecule has 0 fully saturated rings. The lowest BCUT2D eigenvalue weighted by Crippen LogP contribution is -2.27. The third-order valence-electron chi connectivity index (χ3n) is 2.44. The molecule has 3 N–H and O–H groups in total. The summed E-state index contributed by atoms with van der Waals surface area (Å²) in [6.45, 7) is 3.01. The fraction of sp³-hybridized carbons (Fsp3) is 0.417. The molecule has 0 saturated carbocycles. The van der Waals surface area contributed by atoms with Crippen LogP contribution in [0, 0.1) is 6.92 Å². The summed E-state index contributed by atoms with van der Waals surface area (Å²) in [4.78, 5) is 20.3. The number of thiazole rings is 2. The van der Waals surface area contributed by atoms with Crippen molar-refractivity contribution in [3.63, 3.8) is 0 Å². The van der Waals surface area contributed by atoms with Crippen LogP contribution in [0.2, 0.25) is 0 Å². The van der Waals surface area contributed by atoms with E-state index in [1.807, 2.05) is 17.7 Å². The molecule has 2 aromatic heterocycles. The van der Waals surface area contributed by atoms with E-state index in [2.05, 4.69) is 15.3 Å². The minimum Gasteiger partial charge on any atom is -0.355 e. The zero-order chi connectivity index (χ0) is 13.7. The van der Waals surface area contributed by atoms with Gasteiger partial charge in [0, 0.05) is 36.0 Å². The van der Waals surface area contributed by atoms with E-state index in [0.717, 1.165) is 27.8 Å². The van der Waals surface area contributed by atoms with Gasteiger partial charge >= 0.3 is 0 Å². The van der Waals surface area contributed by atoms with Gasteiger partial charge in [-0.2, -0.15) is 0 Å². The second kappa shape index (κ2) is 6.74. The zero-order valence-corrected chi connectivity index (χ0v) is 12.3. The van der Waals surface area contributed by atoms with Gasteiger partial charge in [-0.15, -0.1) is 22.7 Å². The Morgan fingerprint density at radius 2 is 2.11 bits per heavy atom. The molecule has 2 aromatic rings. The molecule has 0 atom stereocenters. The van der Waals surface area contributed by atoms with Gasteiger partial charge in [-0.3, -0.25) is 4.79 Å². The molecule has 0 bridgehead atoms. The highest BCUT2D eigenvalue weighted by Crippen LogP contribution is 2.10. The second-order valence-electron chi connectivity index (χ2n) is 4.10. The van der Waals surface area contributed by atoms with Crippen LogP contribution in [-0.4, -0.2) is 22.4 Å². The summed E-state index contributed by atoms with van der Waals surface area (Å²) < 4.78 is 0. The lowest BCUT2D eigenvalue weighted by molar-refractivity contribution is -0.120. The quantitative estimate of drug-likeness (QED) is 0.841. The highest BCUT2D eigenvalue weighted by Gasteiger charge is 2.07. The number of aryl methyl sites for hydroxylation is 1. The standard InChI is InChI=1S/C12H16N4OS2/c1-8-6-18-11(15-8)2-3-14-10(17)4-9-7-19-12(5-13)16-9/h6-7H,2-5,13H2,1H3,(H,14,17). The van der Waals surface area contributed by atoms with Crippen molar-refractivity contribution >= 4 is 28.6 Å². The summed E-state index contributed by atoms with van der Waals surface area (Å²) >= 11 is 3.12. The number of hydrogen-bond donors (Lipinski definition) is 2. The summed E-state index contributed by atoms with van der Waals surface area (Å²) in [6, 6.07) is 0. The lowest BCUT2D eigenvalue weighted by Gasteiger charge is -2.02. The predicted octanol–water partition coefficient (Wildman–Crippen LogP) is 1.27. The van der Waals surface area contributed by atoms with E-state index in [0.29, 0.717) is 19.5 Å². The number of nitrogens with one attached hydrogen (secondary N) is 1. The maximum Gasteiger partial charge on any atom is 0.226 e. The van der Waals surface area contributed by atoms with Gasteiger partial charge in [-0.25, -0.2) is 9.97 Å². The first-order valence-electron chi connectivity index (χ1n) is 5.98. The minimum atomic E-state index is -0.0119. The molecule has 102 valence electrons. The van der Waals surface area contributed by atoms with Crippen LogP contribution in [-0.2, 0) is 24.2 Å². The lowest BCUT2D eigenvalue weighted by atomic mass is 10.3. The Kier molecular flexibility index (Phi) is 5.00. The minimum absolute atomic E-state index is 0.0119. The Morgan fingerprint density at radius 3 is 2.74 bits per heavy atom. The molecule has 0 unspecified atom stereocenters. The van der Waals surface area contributed by atoms with Crippen molar-refractivity contribution in [1.82, 2.24) is 15.3 Å². The Bertz CT molecular complexity index is 549. The van der Waals surface area contributed by atoms with Crippen LogP contribution in [0.25, 0.3) is 0 Å². The van der Waals surface area contributed by atoms with Crippen LogP contribution >= 0.6 is 22.7 Å². The Morgan fingerprint density at radius 1 is 1.32 bits per heavy atom. The molecular formula is C12H16N4OS2. The van der Waals surface area contributed by atoms with Gasteiger partial charge in [0.15, 0.2) is 0 Å². The molecule has 0 aliphatic heterocycles. The molecule has 2 heterocycles. The Balaban J connectivity index is 1.72. The van der Waals surface area contributed by atoms with E-state index in [9.17, 15) is 4.79 Å². The Hall–Kier alpha value is -1.31. The maximum absolute atomic E-state index is 11.7. The normalized spacial score (nSPS) is 10.6. The SMILES string of the molecule is Cc1csc(CCNC(=O)Cc2csc(CN)n2)n1. The number of carbonyl (C=O) groups excluding carboxylic acids is 1. The molecule has 0 aromatic carbocycles. The van der Waals surface area contributed by atoms with Gasteiger partial charge in [-0.05, 0) is 6.92 Å².